The van der Waals surface area contributed by atoms with E-state index in [4.69, 9.17) is 4.98 Å². The van der Waals surface area contributed by atoms with Gasteiger partial charge in [0.15, 0.2) is 0 Å². The molecule has 146 valence electrons. The maximum Gasteiger partial charge on any atom is 0.218 e. The van der Waals surface area contributed by atoms with E-state index in [1.54, 1.807) is 15.6 Å². The Kier molecular flexibility index (Phi) is 5.87. The van der Waals surface area contributed by atoms with Gasteiger partial charge >= 0.3 is 0 Å². The number of benzene rings is 2. The largest absolute Gasteiger partial charge is 0.294 e. The topological polar surface area (TPSA) is 53.5 Å². The van der Waals surface area contributed by atoms with Crippen LogP contribution in [0.1, 0.15) is 10.6 Å². The van der Waals surface area contributed by atoms with Crippen molar-refractivity contribution >= 4 is 21.4 Å². The number of rotatable bonds is 6. The van der Waals surface area contributed by atoms with Crippen molar-refractivity contribution in [3.05, 3.63) is 76.6 Å². The van der Waals surface area contributed by atoms with Crippen molar-refractivity contribution in [2.45, 2.75) is 12.3 Å². The second kappa shape index (κ2) is 8.53. The summed E-state index contributed by atoms with van der Waals surface area (Å²) in [6.07, 6.45) is 0. The van der Waals surface area contributed by atoms with Crippen LogP contribution in [-0.2, 0) is 22.3 Å². The minimum Gasteiger partial charge on any atom is -0.294 e. The molecule has 0 N–H and O–H groups in total. The Balaban J connectivity index is 1.33. The van der Waals surface area contributed by atoms with Crippen molar-refractivity contribution in [3.8, 4) is 11.3 Å². The lowest BCUT2D eigenvalue weighted by Gasteiger charge is -2.33. The summed E-state index contributed by atoms with van der Waals surface area (Å²) in [7, 11) is -3.27. The van der Waals surface area contributed by atoms with Gasteiger partial charge in [0.1, 0.15) is 5.01 Å². The van der Waals surface area contributed by atoms with Crippen LogP contribution in [0.25, 0.3) is 11.3 Å². The molecule has 0 aliphatic carbocycles. The third kappa shape index (κ3) is 4.67. The highest BCUT2D eigenvalue weighted by atomic mass is 32.2. The number of thiazole rings is 1. The zero-order valence-corrected chi connectivity index (χ0v) is 17.2. The monoisotopic (exact) mass is 413 g/mol. The van der Waals surface area contributed by atoms with E-state index >= 15 is 0 Å². The van der Waals surface area contributed by atoms with Crippen molar-refractivity contribution in [3.63, 3.8) is 0 Å². The van der Waals surface area contributed by atoms with Crippen LogP contribution in [0.15, 0.2) is 66.0 Å². The van der Waals surface area contributed by atoms with Crippen LogP contribution in [0.5, 0.6) is 0 Å². The van der Waals surface area contributed by atoms with Gasteiger partial charge in [-0.1, -0.05) is 60.7 Å². The quantitative estimate of drug-likeness (QED) is 0.621. The third-order valence-electron chi connectivity index (χ3n) is 4.90. The first-order valence-electron chi connectivity index (χ1n) is 9.34. The first kappa shape index (κ1) is 19.3. The molecule has 2 aromatic carbocycles. The molecule has 0 radical (unpaired) electrons. The standard InChI is InChI=1S/C21H23N3O2S2/c25-28(26,17-18-7-3-1-4-8-18)24-13-11-23(12-14-24)15-21-22-20(16-27-21)19-9-5-2-6-10-19/h1-10,16H,11-15,17H2. The summed E-state index contributed by atoms with van der Waals surface area (Å²) in [4.78, 5) is 7.02. The number of hydrogen-bond acceptors (Lipinski definition) is 5. The zero-order valence-electron chi connectivity index (χ0n) is 15.6. The van der Waals surface area contributed by atoms with Crippen molar-refractivity contribution < 1.29 is 8.42 Å². The van der Waals surface area contributed by atoms with E-state index < -0.39 is 10.0 Å². The summed E-state index contributed by atoms with van der Waals surface area (Å²) in [6.45, 7) is 3.30. The number of aromatic nitrogens is 1. The van der Waals surface area contributed by atoms with Gasteiger partial charge in [-0.05, 0) is 5.56 Å². The zero-order chi connectivity index (χ0) is 19.4. The molecule has 4 rings (SSSR count). The van der Waals surface area contributed by atoms with E-state index in [1.807, 2.05) is 48.5 Å². The van der Waals surface area contributed by atoms with Crippen LogP contribution in [0.2, 0.25) is 0 Å². The Morgan fingerprint density at radius 1 is 0.893 bits per heavy atom. The minimum atomic E-state index is -3.27. The van der Waals surface area contributed by atoms with Gasteiger partial charge in [-0.15, -0.1) is 11.3 Å². The number of hydrogen-bond donors (Lipinski definition) is 0. The van der Waals surface area contributed by atoms with Gasteiger partial charge in [-0.3, -0.25) is 4.90 Å². The molecule has 1 aliphatic rings. The molecule has 0 unspecified atom stereocenters. The molecule has 1 saturated heterocycles. The maximum atomic E-state index is 12.7. The molecule has 1 fully saturated rings. The SMILES string of the molecule is O=S(=O)(Cc1ccccc1)N1CCN(Cc2nc(-c3ccccc3)cs2)CC1. The Bertz CT molecular complexity index is 996. The van der Waals surface area contributed by atoms with E-state index in [9.17, 15) is 8.42 Å². The van der Waals surface area contributed by atoms with Gasteiger partial charge in [-0.25, -0.2) is 13.4 Å². The predicted molar refractivity (Wildman–Crippen MR) is 113 cm³/mol. The highest BCUT2D eigenvalue weighted by Crippen LogP contribution is 2.23. The van der Waals surface area contributed by atoms with Crippen molar-refractivity contribution in [1.29, 1.82) is 0 Å². The van der Waals surface area contributed by atoms with Crippen molar-refractivity contribution in [2.75, 3.05) is 26.2 Å². The fourth-order valence-electron chi connectivity index (χ4n) is 3.36. The molecule has 3 aromatic rings. The van der Waals surface area contributed by atoms with Crippen LogP contribution in [0, 0.1) is 0 Å². The molecular formula is C21H23N3O2S2. The summed E-state index contributed by atoms with van der Waals surface area (Å²) in [5, 5.41) is 3.16. The lowest BCUT2D eigenvalue weighted by Crippen LogP contribution is -2.48. The highest BCUT2D eigenvalue weighted by Gasteiger charge is 2.27. The molecule has 7 heteroatoms. The molecule has 28 heavy (non-hydrogen) atoms. The highest BCUT2D eigenvalue weighted by molar-refractivity contribution is 7.88. The van der Waals surface area contributed by atoms with Crippen LogP contribution in [-0.4, -0.2) is 48.8 Å². The Morgan fingerprint density at radius 3 is 2.21 bits per heavy atom. The minimum absolute atomic E-state index is 0.0702. The smallest absolute Gasteiger partial charge is 0.218 e. The van der Waals surface area contributed by atoms with Crippen LogP contribution in [0.4, 0.5) is 0 Å². The normalized spacial score (nSPS) is 16.3. The first-order chi connectivity index (χ1) is 13.6. The molecule has 0 atom stereocenters. The summed E-state index contributed by atoms with van der Waals surface area (Å²) < 4.78 is 27.0. The number of sulfonamides is 1. The van der Waals surface area contributed by atoms with Gasteiger partial charge in [0.2, 0.25) is 10.0 Å². The molecule has 0 saturated carbocycles. The molecule has 2 heterocycles. The lowest BCUT2D eigenvalue weighted by molar-refractivity contribution is 0.181. The molecule has 0 amide bonds. The van der Waals surface area contributed by atoms with Crippen LogP contribution < -0.4 is 0 Å². The maximum absolute atomic E-state index is 12.7. The number of piperazine rings is 1. The van der Waals surface area contributed by atoms with Gasteiger partial charge in [0.05, 0.1) is 18.0 Å². The third-order valence-corrected chi connectivity index (χ3v) is 7.58. The Morgan fingerprint density at radius 2 is 1.54 bits per heavy atom. The first-order valence-corrected chi connectivity index (χ1v) is 11.8. The average molecular weight is 414 g/mol. The second-order valence-electron chi connectivity index (χ2n) is 6.91. The average Bonchev–Trinajstić information content (AvgIpc) is 3.18. The summed E-state index contributed by atoms with van der Waals surface area (Å²) in [5.74, 6) is 0.0702. The van der Waals surface area contributed by atoms with Gasteiger partial charge in [0, 0.05) is 37.1 Å². The summed E-state index contributed by atoms with van der Waals surface area (Å²) in [5.41, 5.74) is 2.97. The molecule has 5 nitrogen and oxygen atoms in total. The van der Waals surface area contributed by atoms with E-state index in [2.05, 4.69) is 22.4 Å². The van der Waals surface area contributed by atoms with E-state index in [0.29, 0.717) is 13.1 Å². The van der Waals surface area contributed by atoms with E-state index in [1.165, 1.54) is 0 Å². The van der Waals surface area contributed by atoms with Gasteiger partial charge in [-0.2, -0.15) is 4.31 Å². The van der Waals surface area contributed by atoms with E-state index in [0.717, 1.165) is 41.5 Å². The van der Waals surface area contributed by atoms with Crippen molar-refractivity contribution in [2.24, 2.45) is 0 Å². The van der Waals surface area contributed by atoms with Gasteiger partial charge < -0.3 is 0 Å². The van der Waals surface area contributed by atoms with E-state index in [-0.39, 0.29) is 5.75 Å². The Hall–Kier alpha value is -2.06. The van der Waals surface area contributed by atoms with Crippen LogP contribution in [0.3, 0.4) is 0 Å². The molecule has 1 aliphatic heterocycles. The fraction of sp³-hybridized carbons (Fsp3) is 0.286. The summed E-state index contributed by atoms with van der Waals surface area (Å²) in [6, 6.07) is 19.5. The summed E-state index contributed by atoms with van der Waals surface area (Å²) >= 11 is 1.66. The molecular weight excluding hydrogens is 390 g/mol. The number of nitrogens with zero attached hydrogens (tertiary/aromatic N) is 3. The fourth-order valence-corrected chi connectivity index (χ4v) is 5.72. The molecule has 0 bridgehead atoms. The lowest BCUT2D eigenvalue weighted by atomic mass is 10.2. The van der Waals surface area contributed by atoms with Gasteiger partial charge in [0.25, 0.3) is 0 Å². The molecule has 0 spiro atoms. The Labute approximate surface area is 170 Å². The van der Waals surface area contributed by atoms with Crippen LogP contribution >= 0.6 is 11.3 Å². The second-order valence-corrected chi connectivity index (χ2v) is 9.82. The van der Waals surface area contributed by atoms with Crippen molar-refractivity contribution in [1.82, 2.24) is 14.2 Å². The molecule has 1 aromatic heterocycles. The predicted octanol–water partition coefficient (Wildman–Crippen LogP) is 3.46.